The Morgan fingerprint density at radius 1 is 1.22 bits per heavy atom. The van der Waals surface area contributed by atoms with E-state index in [-0.39, 0.29) is 0 Å². The second kappa shape index (κ2) is 4.06. The minimum atomic E-state index is 0.974. The lowest BCUT2D eigenvalue weighted by atomic mass is 10.4. The molecule has 1 aromatic carbocycles. The van der Waals surface area contributed by atoms with Crippen molar-refractivity contribution >= 4 is 37.3 Å². The van der Waals surface area contributed by atoms with Crippen molar-refractivity contribution in [1.29, 1.82) is 0 Å². The largest absolute Gasteiger partial charge is 0.0918 e. The van der Waals surface area contributed by atoms with Gasteiger partial charge in [0.15, 0.2) is 0 Å². The highest BCUT2D eigenvalue weighted by molar-refractivity contribution is 14.1. The molecule has 0 aliphatic carbocycles. The van der Waals surface area contributed by atoms with E-state index in [4.69, 9.17) is 0 Å². The Balaban J connectivity index is 2.61. The molecule has 2 radical (unpaired) electrons. The minimum Gasteiger partial charge on any atom is -0.0898 e. The van der Waals surface area contributed by atoms with Gasteiger partial charge in [-0.25, -0.2) is 0 Å². The van der Waals surface area contributed by atoms with Gasteiger partial charge in [0.25, 0.3) is 0 Å². The first-order chi connectivity index (χ1) is 4.43. The zero-order chi connectivity index (χ0) is 6.53. The van der Waals surface area contributed by atoms with E-state index >= 15 is 0 Å². The van der Waals surface area contributed by atoms with E-state index < -0.39 is 0 Å². The SMILES string of the molecule is IC[Si]c1ccccc1. The summed E-state index contributed by atoms with van der Waals surface area (Å²) >= 11 is 2.40. The second-order valence-corrected chi connectivity index (χ2v) is 5.16. The van der Waals surface area contributed by atoms with Crippen LogP contribution in [0.5, 0.6) is 0 Å². The summed E-state index contributed by atoms with van der Waals surface area (Å²) in [5.41, 5.74) is 0. The molecule has 0 spiro atoms. The number of hydrogen-bond donors (Lipinski definition) is 0. The van der Waals surface area contributed by atoms with E-state index in [1.807, 2.05) is 0 Å². The topological polar surface area (TPSA) is 0 Å². The maximum absolute atomic E-state index is 2.40. The third-order valence-corrected chi connectivity index (χ3v) is 3.06. The number of rotatable bonds is 2. The van der Waals surface area contributed by atoms with Crippen molar-refractivity contribution in [1.82, 2.24) is 0 Å². The van der Waals surface area contributed by atoms with Gasteiger partial charge >= 0.3 is 0 Å². The Kier molecular flexibility index (Phi) is 3.28. The summed E-state index contributed by atoms with van der Waals surface area (Å²) in [6, 6.07) is 10.6. The number of halogens is 1. The molecule has 0 aliphatic rings. The molecule has 0 saturated heterocycles. The van der Waals surface area contributed by atoms with Gasteiger partial charge in [-0.3, -0.25) is 0 Å². The first-order valence-corrected chi connectivity index (χ1v) is 5.51. The first kappa shape index (κ1) is 7.28. The summed E-state index contributed by atoms with van der Waals surface area (Å²) < 4.78 is 1.24. The highest BCUT2D eigenvalue weighted by Gasteiger charge is 1.87. The molecular formula is C7H7ISi. The molecule has 0 heterocycles. The van der Waals surface area contributed by atoms with E-state index in [2.05, 4.69) is 52.9 Å². The summed E-state index contributed by atoms with van der Waals surface area (Å²) in [6.07, 6.45) is 0. The maximum atomic E-state index is 2.40. The van der Waals surface area contributed by atoms with Gasteiger partial charge in [0.05, 0.1) is 9.52 Å². The van der Waals surface area contributed by atoms with E-state index in [1.165, 1.54) is 9.24 Å². The number of hydrogen-bond acceptors (Lipinski definition) is 0. The molecule has 0 aliphatic heterocycles. The lowest BCUT2D eigenvalue weighted by Gasteiger charge is -1.91. The summed E-state index contributed by atoms with van der Waals surface area (Å²) in [6.45, 7) is 0. The zero-order valence-electron chi connectivity index (χ0n) is 4.97. The van der Waals surface area contributed by atoms with Crippen LogP contribution >= 0.6 is 22.6 Å². The molecule has 0 fully saturated rings. The Morgan fingerprint density at radius 2 is 1.89 bits per heavy atom. The average Bonchev–Trinajstić information content (AvgIpc) is 1.91. The predicted molar refractivity (Wildman–Crippen MR) is 50.7 cm³/mol. The van der Waals surface area contributed by atoms with Crippen molar-refractivity contribution in [2.24, 2.45) is 0 Å². The molecule has 0 atom stereocenters. The minimum absolute atomic E-state index is 0.974. The fourth-order valence-electron chi connectivity index (χ4n) is 0.633. The van der Waals surface area contributed by atoms with Crippen molar-refractivity contribution in [3.05, 3.63) is 30.3 Å². The Bertz CT molecular complexity index is 162. The predicted octanol–water partition coefficient (Wildman–Crippen LogP) is 1.41. The summed E-state index contributed by atoms with van der Waals surface area (Å²) in [5, 5.41) is 1.46. The lowest BCUT2D eigenvalue weighted by Crippen LogP contribution is -2.13. The zero-order valence-corrected chi connectivity index (χ0v) is 8.13. The smallest absolute Gasteiger partial charge is 0.0898 e. The highest BCUT2D eigenvalue weighted by atomic mass is 127. The van der Waals surface area contributed by atoms with Gasteiger partial charge in [-0.05, 0) is 4.05 Å². The van der Waals surface area contributed by atoms with Crippen LogP contribution in [0.25, 0.3) is 0 Å². The van der Waals surface area contributed by atoms with Crippen LogP contribution in [0.2, 0.25) is 0 Å². The van der Waals surface area contributed by atoms with E-state index in [0.29, 0.717) is 0 Å². The fraction of sp³-hybridized carbons (Fsp3) is 0.143. The third-order valence-electron chi connectivity index (χ3n) is 1.04. The van der Waals surface area contributed by atoms with Crippen LogP contribution in [0, 0.1) is 0 Å². The molecule has 0 amide bonds. The van der Waals surface area contributed by atoms with Crippen molar-refractivity contribution in [3.8, 4) is 0 Å². The molecule has 46 valence electrons. The van der Waals surface area contributed by atoms with Crippen LogP contribution in [0.4, 0.5) is 0 Å². The van der Waals surface area contributed by atoms with Crippen LogP contribution < -0.4 is 5.19 Å². The molecule has 9 heavy (non-hydrogen) atoms. The molecule has 2 heteroatoms. The molecule has 0 N–H and O–H groups in total. The second-order valence-electron chi connectivity index (χ2n) is 1.68. The van der Waals surface area contributed by atoms with Gasteiger partial charge < -0.3 is 0 Å². The third kappa shape index (κ3) is 2.49. The first-order valence-electron chi connectivity index (χ1n) is 2.78. The van der Waals surface area contributed by atoms with Crippen molar-refractivity contribution in [2.45, 2.75) is 0 Å². The van der Waals surface area contributed by atoms with Gasteiger partial charge in [-0.15, -0.1) is 0 Å². The maximum Gasteiger partial charge on any atom is 0.0918 e. The molecule has 0 aromatic heterocycles. The normalized spacial score (nSPS) is 9.44. The summed E-state index contributed by atoms with van der Waals surface area (Å²) in [7, 11) is 0.974. The monoisotopic (exact) mass is 246 g/mol. The molecule has 0 bridgehead atoms. The van der Waals surface area contributed by atoms with Crippen LogP contribution in [0.15, 0.2) is 30.3 Å². The van der Waals surface area contributed by atoms with Crippen molar-refractivity contribution in [3.63, 3.8) is 0 Å². The summed E-state index contributed by atoms with van der Waals surface area (Å²) in [4.78, 5) is 0. The van der Waals surface area contributed by atoms with Crippen LogP contribution in [0.1, 0.15) is 0 Å². The lowest BCUT2D eigenvalue weighted by molar-refractivity contribution is 1.77. The summed E-state index contributed by atoms with van der Waals surface area (Å²) in [5.74, 6) is 0. The average molecular weight is 246 g/mol. The quantitative estimate of drug-likeness (QED) is 0.420. The molecule has 0 unspecified atom stereocenters. The van der Waals surface area contributed by atoms with Gasteiger partial charge in [0.1, 0.15) is 0 Å². The number of alkyl halides is 1. The molecule has 1 rings (SSSR count). The van der Waals surface area contributed by atoms with E-state index in [0.717, 1.165) is 9.52 Å². The molecule has 0 saturated carbocycles. The van der Waals surface area contributed by atoms with Crippen LogP contribution in [-0.4, -0.2) is 13.6 Å². The van der Waals surface area contributed by atoms with Crippen molar-refractivity contribution in [2.75, 3.05) is 4.05 Å². The van der Waals surface area contributed by atoms with Crippen LogP contribution in [0.3, 0.4) is 0 Å². The molecule has 0 nitrogen and oxygen atoms in total. The van der Waals surface area contributed by atoms with Crippen LogP contribution in [-0.2, 0) is 0 Å². The van der Waals surface area contributed by atoms with E-state index in [1.54, 1.807) is 0 Å². The van der Waals surface area contributed by atoms with Gasteiger partial charge in [-0.1, -0.05) is 58.1 Å². The molecular weight excluding hydrogens is 239 g/mol. The van der Waals surface area contributed by atoms with Gasteiger partial charge in [0, 0.05) is 0 Å². The van der Waals surface area contributed by atoms with Crippen molar-refractivity contribution < 1.29 is 0 Å². The number of benzene rings is 1. The van der Waals surface area contributed by atoms with Gasteiger partial charge in [0.2, 0.25) is 0 Å². The Labute approximate surface area is 71.6 Å². The fourth-order valence-corrected chi connectivity index (χ4v) is 2.54. The molecule has 1 aromatic rings. The van der Waals surface area contributed by atoms with E-state index in [9.17, 15) is 0 Å². The Hall–Kier alpha value is 0.167. The van der Waals surface area contributed by atoms with Gasteiger partial charge in [-0.2, -0.15) is 0 Å². The standard InChI is InChI=1S/C7H7ISi/c8-6-9-7-4-2-1-3-5-7/h1-5H,6H2. The highest BCUT2D eigenvalue weighted by Crippen LogP contribution is 1.83. The Morgan fingerprint density at radius 3 is 2.44 bits per heavy atom.